The number of benzene rings is 2. The number of carbonyl (C=O) groups excluding carboxylic acids is 1. The number of ether oxygens (including phenoxy) is 1. The van der Waals surface area contributed by atoms with Crippen LogP contribution >= 0.6 is 0 Å². The van der Waals surface area contributed by atoms with Crippen LogP contribution in [-0.2, 0) is 17.8 Å². The summed E-state index contributed by atoms with van der Waals surface area (Å²) >= 11 is 0. The molecule has 0 saturated carbocycles. The third-order valence-corrected chi connectivity index (χ3v) is 3.85. The normalized spacial score (nSPS) is 10.6. The summed E-state index contributed by atoms with van der Waals surface area (Å²) in [4.78, 5) is 14.4. The van der Waals surface area contributed by atoms with Crippen molar-refractivity contribution in [2.75, 3.05) is 13.7 Å². The number of hydrogen-bond donors (Lipinski definition) is 0. The second kappa shape index (κ2) is 8.37. The van der Waals surface area contributed by atoms with Crippen LogP contribution in [0, 0.1) is 5.92 Å². The molecule has 0 N–H and O–H groups in total. The first-order valence-corrected chi connectivity index (χ1v) is 8.06. The second-order valence-corrected chi connectivity index (χ2v) is 6.00. The molecular formula is C20H25NO2. The summed E-state index contributed by atoms with van der Waals surface area (Å²) in [5.41, 5.74) is 2.37. The van der Waals surface area contributed by atoms with Crippen molar-refractivity contribution in [1.29, 1.82) is 0 Å². The van der Waals surface area contributed by atoms with E-state index in [2.05, 4.69) is 12.1 Å². The number of rotatable bonds is 7. The summed E-state index contributed by atoms with van der Waals surface area (Å²) < 4.78 is 5.18. The molecule has 0 unspecified atom stereocenters. The van der Waals surface area contributed by atoms with E-state index in [4.69, 9.17) is 4.74 Å². The van der Waals surface area contributed by atoms with Gasteiger partial charge in [-0.15, -0.1) is 0 Å². The minimum Gasteiger partial charge on any atom is -0.497 e. The summed E-state index contributed by atoms with van der Waals surface area (Å²) in [7, 11) is 1.66. The summed E-state index contributed by atoms with van der Waals surface area (Å²) in [6, 6.07) is 18.2. The van der Waals surface area contributed by atoms with Crippen molar-refractivity contribution in [2.45, 2.75) is 26.8 Å². The molecule has 2 aromatic carbocycles. The molecule has 0 heterocycles. The third-order valence-electron chi connectivity index (χ3n) is 3.85. The molecule has 2 rings (SSSR count). The quantitative estimate of drug-likeness (QED) is 0.775. The highest BCUT2D eigenvalue weighted by atomic mass is 16.5. The van der Waals surface area contributed by atoms with Gasteiger partial charge in [0, 0.05) is 19.0 Å². The van der Waals surface area contributed by atoms with E-state index in [1.165, 1.54) is 5.56 Å². The summed E-state index contributed by atoms with van der Waals surface area (Å²) in [5.74, 6) is 1.03. The van der Waals surface area contributed by atoms with Crippen LogP contribution in [0.3, 0.4) is 0 Å². The van der Waals surface area contributed by atoms with Gasteiger partial charge in [-0.2, -0.15) is 0 Å². The van der Waals surface area contributed by atoms with Crippen molar-refractivity contribution in [2.24, 2.45) is 5.92 Å². The van der Waals surface area contributed by atoms with E-state index in [9.17, 15) is 4.79 Å². The fourth-order valence-corrected chi connectivity index (χ4v) is 2.49. The lowest BCUT2D eigenvalue weighted by Crippen LogP contribution is -2.35. The molecule has 0 aromatic heterocycles. The number of carbonyl (C=O) groups is 1. The molecule has 122 valence electrons. The predicted octanol–water partition coefficient (Wildman–Crippen LogP) is 3.92. The zero-order valence-corrected chi connectivity index (χ0v) is 14.2. The van der Waals surface area contributed by atoms with Gasteiger partial charge in [-0.3, -0.25) is 4.79 Å². The molecule has 2 aromatic rings. The van der Waals surface area contributed by atoms with Gasteiger partial charge in [-0.1, -0.05) is 56.3 Å². The van der Waals surface area contributed by atoms with E-state index in [-0.39, 0.29) is 11.8 Å². The van der Waals surface area contributed by atoms with Gasteiger partial charge in [0.25, 0.3) is 0 Å². The van der Waals surface area contributed by atoms with Gasteiger partial charge in [-0.25, -0.2) is 0 Å². The number of nitrogens with zero attached hydrogens (tertiary/aromatic N) is 1. The molecular weight excluding hydrogens is 286 g/mol. The molecule has 0 atom stereocenters. The van der Waals surface area contributed by atoms with Crippen molar-refractivity contribution in [3.63, 3.8) is 0 Å². The first-order chi connectivity index (χ1) is 11.1. The highest BCUT2D eigenvalue weighted by Crippen LogP contribution is 2.15. The summed E-state index contributed by atoms with van der Waals surface area (Å²) in [6.45, 7) is 5.26. The molecule has 3 nitrogen and oxygen atoms in total. The van der Waals surface area contributed by atoms with Crippen LogP contribution in [0.2, 0.25) is 0 Å². The molecule has 0 bridgehead atoms. The molecule has 0 fully saturated rings. The Bertz CT molecular complexity index is 605. The van der Waals surface area contributed by atoms with Crippen molar-refractivity contribution >= 4 is 5.91 Å². The summed E-state index contributed by atoms with van der Waals surface area (Å²) in [5, 5.41) is 0. The average molecular weight is 311 g/mol. The second-order valence-electron chi connectivity index (χ2n) is 6.00. The average Bonchev–Trinajstić information content (AvgIpc) is 2.59. The lowest BCUT2D eigenvalue weighted by molar-refractivity contribution is -0.135. The summed E-state index contributed by atoms with van der Waals surface area (Å²) in [6.07, 6.45) is 0.870. The monoisotopic (exact) mass is 311 g/mol. The molecule has 0 saturated heterocycles. The third kappa shape index (κ3) is 5.13. The van der Waals surface area contributed by atoms with Gasteiger partial charge >= 0.3 is 0 Å². The molecule has 0 spiro atoms. The first kappa shape index (κ1) is 17.1. The van der Waals surface area contributed by atoms with Gasteiger partial charge in [-0.05, 0) is 29.7 Å². The minimum absolute atomic E-state index is 0.00372. The van der Waals surface area contributed by atoms with E-state index < -0.39 is 0 Å². The van der Waals surface area contributed by atoms with Crippen LogP contribution in [0.4, 0.5) is 0 Å². The Labute approximate surface area is 138 Å². The van der Waals surface area contributed by atoms with Crippen LogP contribution in [0.25, 0.3) is 0 Å². The van der Waals surface area contributed by atoms with Crippen molar-refractivity contribution < 1.29 is 9.53 Å². The van der Waals surface area contributed by atoms with Gasteiger partial charge in [0.2, 0.25) is 5.91 Å². The van der Waals surface area contributed by atoms with Crippen LogP contribution in [0.1, 0.15) is 25.0 Å². The predicted molar refractivity (Wildman–Crippen MR) is 93.4 cm³/mol. The van der Waals surface area contributed by atoms with Crippen molar-refractivity contribution in [3.05, 3.63) is 65.7 Å². The van der Waals surface area contributed by atoms with Gasteiger partial charge in [0.05, 0.1) is 7.11 Å². The molecule has 0 aliphatic rings. The Kier molecular flexibility index (Phi) is 6.21. The molecule has 0 aliphatic heterocycles. The van der Waals surface area contributed by atoms with Crippen molar-refractivity contribution in [3.8, 4) is 5.75 Å². The number of hydrogen-bond acceptors (Lipinski definition) is 2. The maximum absolute atomic E-state index is 12.5. The standard InChI is InChI=1S/C20H25NO2/c1-16(2)20(22)21(14-13-17-7-5-4-6-8-17)15-18-9-11-19(23-3)12-10-18/h4-12,16H,13-15H2,1-3H3. The largest absolute Gasteiger partial charge is 0.497 e. The lowest BCUT2D eigenvalue weighted by atomic mass is 10.1. The van der Waals surface area contributed by atoms with Gasteiger partial charge in [0.15, 0.2) is 0 Å². The highest BCUT2D eigenvalue weighted by molar-refractivity contribution is 5.78. The van der Waals surface area contributed by atoms with E-state index in [0.717, 1.165) is 24.3 Å². The minimum atomic E-state index is 0.00372. The maximum Gasteiger partial charge on any atom is 0.225 e. The van der Waals surface area contributed by atoms with Crippen molar-refractivity contribution in [1.82, 2.24) is 4.90 Å². The zero-order valence-electron chi connectivity index (χ0n) is 14.2. The Morgan fingerprint density at radius 1 is 1.00 bits per heavy atom. The topological polar surface area (TPSA) is 29.5 Å². The fraction of sp³-hybridized carbons (Fsp3) is 0.350. The maximum atomic E-state index is 12.5. The molecule has 23 heavy (non-hydrogen) atoms. The van der Waals surface area contributed by atoms with Crippen LogP contribution in [-0.4, -0.2) is 24.5 Å². The number of amides is 1. The number of methoxy groups -OCH3 is 1. The fourth-order valence-electron chi connectivity index (χ4n) is 2.49. The zero-order chi connectivity index (χ0) is 16.7. The van der Waals surface area contributed by atoms with E-state index in [1.807, 2.05) is 61.2 Å². The molecule has 0 radical (unpaired) electrons. The van der Waals surface area contributed by atoms with E-state index >= 15 is 0 Å². The highest BCUT2D eigenvalue weighted by Gasteiger charge is 2.17. The van der Waals surface area contributed by atoms with E-state index in [0.29, 0.717) is 6.54 Å². The SMILES string of the molecule is COc1ccc(CN(CCc2ccccc2)C(=O)C(C)C)cc1. The Balaban J connectivity index is 2.05. The Morgan fingerprint density at radius 3 is 2.22 bits per heavy atom. The van der Waals surface area contributed by atoms with E-state index in [1.54, 1.807) is 7.11 Å². The molecule has 1 amide bonds. The molecule has 0 aliphatic carbocycles. The lowest BCUT2D eigenvalue weighted by Gasteiger charge is -2.25. The van der Waals surface area contributed by atoms with Crippen LogP contribution in [0.15, 0.2) is 54.6 Å². The van der Waals surface area contributed by atoms with Crippen LogP contribution < -0.4 is 4.74 Å². The Morgan fingerprint density at radius 2 is 1.65 bits per heavy atom. The smallest absolute Gasteiger partial charge is 0.225 e. The molecule has 3 heteroatoms. The Hall–Kier alpha value is -2.29. The van der Waals surface area contributed by atoms with Crippen LogP contribution in [0.5, 0.6) is 5.75 Å². The van der Waals surface area contributed by atoms with Gasteiger partial charge < -0.3 is 9.64 Å². The first-order valence-electron chi connectivity index (χ1n) is 8.06. The van der Waals surface area contributed by atoms with Gasteiger partial charge in [0.1, 0.15) is 5.75 Å².